The van der Waals surface area contributed by atoms with Gasteiger partial charge in [0.1, 0.15) is 5.75 Å². The highest BCUT2D eigenvalue weighted by molar-refractivity contribution is 5.78. The van der Waals surface area contributed by atoms with Crippen molar-refractivity contribution in [3.63, 3.8) is 0 Å². The van der Waals surface area contributed by atoms with Gasteiger partial charge in [-0.1, -0.05) is 60.6 Å². The fourth-order valence-electron chi connectivity index (χ4n) is 4.17. The van der Waals surface area contributed by atoms with Crippen LogP contribution >= 0.6 is 0 Å². The summed E-state index contributed by atoms with van der Waals surface area (Å²) in [5.74, 6) is 0.108. The number of phenols is 1. The van der Waals surface area contributed by atoms with Crippen LogP contribution in [0.1, 0.15) is 98.8 Å². The average Bonchev–Trinajstić information content (AvgIpc) is 2.62. The van der Waals surface area contributed by atoms with E-state index in [-0.39, 0.29) is 42.1 Å². The van der Waals surface area contributed by atoms with Crippen molar-refractivity contribution in [3.05, 3.63) is 28.8 Å². The molecule has 0 fully saturated rings. The van der Waals surface area contributed by atoms with Gasteiger partial charge < -0.3 is 20.2 Å². The van der Waals surface area contributed by atoms with Gasteiger partial charge in [0.15, 0.2) is 0 Å². The maximum absolute atomic E-state index is 13.4. The summed E-state index contributed by atoms with van der Waals surface area (Å²) in [5, 5.41) is 31.1. The van der Waals surface area contributed by atoms with Crippen molar-refractivity contribution < 1.29 is 20.1 Å². The molecule has 31 heavy (non-hydrogen) atoms. The molecule has 0 heterocycles. The number of phenolic OH excluding ortho intramolecular Hbond substituents is 1. The molecule has 0 radical (unpaired) electrons. The second-order valence-corrected chi connectivity index (χ2v) is 11.8. The van der Waals surface area contributed by atoms with Gasteiger partial charge in [0.2, 0.25) is 5.91 Å². The van der Waals surface area contributed by atoms with Crippen molar-refractivity contribution in [2.45, 2.75) is 110 Å². The number of nitrogens with zero attached hydrogens (tertiary/aromatic N) is 1. The maximum Gasteiger partial charge on any atom is 0.223 e. The summed E-state index contributed by atoms with van der Waals surface area (Å²) in [6, 6.07) is 4.08. The lowest BCUT2D eigenvalue weighted by Gasteiger charge is -2.49. The molecule has 0 aliphatic heterocycles. The van der Waals surface area contributed by atoms with Gasteiger partial charge in [-0.25, -0.2) is 0 Å². The molecule has 0 aliphatic rings. The molecule has 0 saturated carbocycles. The van der Waals surface area contributed by atoms with Crippen LogP contribution in [0.5, 0.6) is 5.75 Å². The van der Waals surface area contributed by atoms with E-state index in [1.165, 1.54) is 0 Å². The number of hydrogen-bond acceptors (Lipinski definition) is 4. The Bertz CT molecular complexity index is 751. The first kappa shape index (κ1) is 27.4. The lowest BCUT2D eigenvalue weighted by Crippen LogP contribution is -2.63. The van der Waals surface area contributed by atoms with E-state index in [4.69, 9.17) is 0 Å². The summed E-state index contributed by atoms with van der Waals surface area (Å²) in [7, 11) is 0. The zero-order valence-corrected chi connectivity index (χ0v) is 21.4. The smallest absolute Gasteiger partial charge is 0.223 e. The number of carbonyl (C=O) groups is 1. The molecule has 1 amide bonds. The number of aliphatic hydroxyl groups is 2. The topological polar surface area (TPSA) is 81.0 Å². The zero-order valence-electron chi connectivity index (χ0n) is 21.4. The molecule has 0 saturated heterocycles. The van der Waals surface area contributed by atoms with Gasteiger partial charge >= 0.3 is 0 Å². The lowest BCUT2D eigenvalue weighted by molar-refractivity contribution is -0.152. The van der Waals surface area contributed by atoms with Crippen LogP contribution in [0, 0.1) is 0 Å². The van der Waals surface area contributed by atoms with Crippen LogP contribution in [0.15, 0.2) is 12.1 Å². The van der Waals surface area contributed by atoms with Crippen LogP contribution in [0.3, 0.4) is 0 Å². The highest BCUT2D eigenvalue weighted by Gasteiger charge is 2.43. The monoisotopic (exact) mass is 435 g/mol. The van der Waals surface area contributed by atoms with Crippen molar-refractivity contribution >= 4 is 5.91 Å². The maximum atomic E-state index is 13.4. The second-order valence-electron chi connectivity index (χ2n) is 11.8. The molecule has 178 valence electrons. The number of rotatable bonds is 7. The molecular weight excluding hydrogens is 390 g/mol. The van der Waals surface area contributed by atoms with Crippen LogP contribution in [-0.2, 0) is 22.0 Å². The van der Waals surface area contributed by atoms with E-state index in [2.05, 4.69) is 47.6 Å². The molecule has 5 heteroatoms. The highest BCUT2D eigenvalue weighted by atomic mass is 16.3. The van der Waals surface area contributed by atoms with E-state index in [0.717, 1.165) is 16.7 Å². The van der Waals surface area contributed by atoms with E-state index >= 15 is 0 Å². The largest absolute Gasteiger partial charge is 0.507 e. The van der Waals surface area contributed by atoms with Gasteiger partial charge in [-0.2, -0.15) is 0 Å². The van der Waals surface area contributed by atoms with Crippen LogP contribution in [-0.4, -0.2) is 50.4 Å². The fourth-order valence-corrected chi connectivity index (χ4v) is 4.17. The van der Waals surface area contributed by atoms with Gasteiger partial charge in [-0.05, 0) is 61.1 Å². The molecule has 5 nitrogen and oxygen atoms in total. The van der Waals surface area contributed by atoms with Crippen molar-refractivity contribution in [2.75, 3.05) is 13.2 Å². The third-order valence-corrected chi connectivity index (χ3v) is 6.11. The molecule has 0 bridgehead atoms. The van der Waals surface area contributed by atoms with Gasteiger partial charge in [-0.15, -0.1) is 0 Å². The number of carbonyl (C=O) groups excluding carboxylic acids is 1. The minimum atomic E-state index is -1.01. The number of aliphatic hydroxyl groups excluding tert-OH is 2. The van der Waals surface area contributed by atoms with Crippen LogP contribution < -0.4 is 0 Å². The lowest BCUT2D eigenvalue weighted by atomic mass is 9.78. The molecule has 0 aromatic heterocycles. The van der Waals surface area contributed by atoms with Crippen molar-refractivity contribution in [3.8, 4) is 5.75 Å². The summed E-state index contributed by atoms with van der Waals surface area (Å²) in [6.45, 7) is 19.6. The third-order valence-electron chi connectivity index (χ3n) is 6.11. The van der Waals surface area contributed by atoms with Crippen LogP contribution in [0.25, 0.3) is 0 Å². The molecular formula is C26H45NO4. The zero-order chi connectivity index (χ0) is 24.4. The summed E-state index contributed by atoms with van der Waals surface area (Å²) in [5.41, 5.74) is 0.866. The molecule has 0 unspecified atom stereocenters. The molecule has 1 aromatic carbocycles. The number of amides is 1. The minimum absolute atomic E-state index is 0.0882. The van der Waals surface area contributed by atoms with Crippen molar-refractivity contribution in [2.24, 2.45) is 0 Å². The first-order valence-corrected chi connectivity index (χ1v) is 11.4. The summed E-state index contributed by atoms with van der Waals surface area (Å²) in [6.07, 6.45) is 1.02. The summed E-state index contributed by atoms with van der Waals surface area (Å²) in [4.78, 5) is 15.0. The Balaban J connectivity index is 3.39. The molecule has 1 rings (SSSR count). The quantitative estimate of drug-likeness (QED) is 0.581. The van der Waals surface area contributed by atoms with Gasteiger partial charge in [0.25, 0.3) is 0 Å². The van der Waals surface area contributed by atoms with E-state index < -0.39 is 11.1 Å². The summed E-state index contributed by atoms with van der Waals surface area (Å²) >= 11 is 0. The number of hydrogen-bond donors (Lipinski definition) is 3. The first-order chi connectivity index (χ1) is 13.9. The molecule has 0 atom stereocenters. The van der Waals surface area contributed by atoms with Crippen molar-refractivity contribution in [1.29, 1.82) is 0 Å². The molecule has 0 spiro atoms. The third kappa shape index (κ3) is 6.23. The number of aromatic hydroxyl groups is 1. The Kier molecular flexibility index (Phi) is 8.41. The molecule has 0 aliphatic carbocycles. The predicted molar refractivity (Wildman–Crippen MR) is 128 cm³/mol. The van der Waals surface area contributed by atoms with Crippen LogP contribution in [0.4, 0.5) is 0 Å². The number of benzene rings is 1. The number of aryl methyl sites for hydroxylation is 1. The summed E-state index contributed by atoms with van der Waals surface area (Å²) < 4.78 is 0. The van der Waals surface area contributed by atoms with Gasteiger partial charge in [0.05, 0.1) is 18.8 Å². The molecule has 1 aromatic rings. The normalized spacial score (nSPS) is 13.4. The average molecular weight is 436 g/mol. The van der Waals surface area contributed by atoms with E-state index in [9.17, 15) is 20.1 Å². The fraction of sp³-hybridized carbons (Fsp3) is 0.731. The Morgan fingerprint density at radius 3 is 1.77 bits per heavy atom. The van der Waals surface area contributed by atoms with E-state index in [0.29, 0.717) is 12.8 Å². The second kappa shape index (κ2) is 9.50. The highest BCUT2D eigenvalue weighted by Crippen LogP contribution is 2.38. The predicted octanol–water partition coefficient (Wildman–Crippen LogP) is 4.68. The Labute approximate surface area is 189 Å². The van der Waals surface area contributed by atoms with E-state index in [1.54, 1.807) is 4.90 Å². The minimum Gasteiger partial charge on any atom is -0.507 e. The van der Waals surface area contributed by atoms with Crippen LogP contribution in [0.2, 0.25) is 0 Å². The van der Waals surface area contributed by atoms with Gasteiger partial charge in [-0.3, -0.25) is 4.79 Å². The van der Waals surface area contributed by atoms with Crippen molar-refractivity contribution in [1.82, 2.24) is 4.90 Å². The van der Waals surface area contributed by atoms with Gasteiger partial charge in [0, 0.05) is 12.0 Å². The Hall–Kier alpha value is -1.59. The standard InChI is InChI=1S/C26H45NO4/c1-11-26(16-28,17-29)27(25(8,9)10)21(30)13-12-18-14-19(23(2,3)4)15-20(22(18)31)24(5,6)7/h14-15,28-29,31H,11-13,16-17H2,1-10H3. The Morgan fingerprint density at radius 2 is 1.42 bits per heavy atom. The first-order valence-electron chi connectivity index (χ1n) is 11.4. The van der Waals surface area contributed by atoms with E-state index in [1.807, 2.05) is 33.8 Å². The Morgan fingerprint density at radius 1 is 0.903 bits per heavy atom. The molecule has 3 N–H and O–H groups in total. The SMILES string of the molecule is CCC(CO)(CO)N(C(=O)CCc1cc(C(C)(C)C)cc(C(C)(C)C)c1O)C(C)(C)C.